The number of nitrogens with one attached hydrogen (secondary N) is 1. The van der Waals surface area contributed by atoms with E-state index in [1.54, 1.807) is 12.3 Å². The van der Waals surface area contributed by atoms with Crippen molar-refractivity contribution in [1.82, 2.24) is 10.3 Å². The Kier molecular flexibility index (Phi) is 5.62. The van der Waals surface area contributed by atoms with E-state index in [4.69, 9.17) is 23.2 Å². The van der Waals surface area contributed by atoms with E-state index < -0.39 is 0 Å². The standard InChI is InChI=1S/C12H14Cl2N2/c1-3-5-6-11(15-4-2)12-10(14)7-9(13)8-16-12/h7-8,11,15H,4,6H2,1-2H3. The van der Waals surface area contributed by atoms with Crippen molar-refractivity contribution < 1.29 is 0 Å². The molecule has 0 saturated carbocycles. The van der Waals surface area contributed by atoms with E-state index in [0.717, 1.165) is 12.2 Å². The van der Waals surface area contributed by atoms with Gasteiger partial charge in [-0.3, -0.25) is 4.98 Å². The highest BCUT2D eigenvalue weighted by Crippen LogP contribution is 2.25. The molecule has 0 aliphatic carbocycles. The van der Waals surface area contributed by atoms with Crippen LogP contribution in [-0.2, 0) is 0 Å². The van der Waals surface area contributed by atoms with Crippen LogP contribution in [0.1, 0.15) is 32.0 Å². The fourth-order valence-corrected chi connectivity index (χ4v) is 1.91. The molecule has 4 heteroatoms. The van der Waals surface area contributed by atoms with Gasteiger partial charge in [-0.15, -0.1) is 11.8 Å². The van der Waals surface area contributed by atoms with Crippen molar-refractivity contribution in [3.05, 3.63) is 28.0 Å². The van der Waals surface area contributed by atoms with Crippen molar-refractivity contribution in [3.8, 4) is 11.8 Å². The molecule has 0 aliphatic heterocycles. The quantitative estimate of drug-likeness (QED) is 0.835. The van der Waals surface area contributed by atoms with Gasteiger partial charge < -0.3 is 5.32 Å². The lowest BCUT2D eigenvalue weighted by Crippen LogP contribution is -2.21. The average molecular weight is 257 g/mol. The van der Waals surface area contributed by atoms with Gasteiger partial charge in [0.1, 0.15) is 0 Å². The molecule has 0 saturated heterocycles. The minimum absolute atomic E-state index is 0.0576. The van der Waals surface area contributed by atoms with Crippen LogP contribution in [0.15, 0.2) is 12.3 Å². The number of hydrogen-bond donors (Lipinski definition) is 1. The second kappa shape index (κ2) is 6.75. The minimum Gasteiger partial charge on any atom is -0.308 e. The van der Waals surface area contributed by atoms with E-state index >= 15 is 0 Å². The zero-order valence-corrected chi connectivity index (χ0v) is 10.9. The fraction of sp³-hybridized carbons (Fsp3) is 0.417. The van der Waals surface area contributed by atoms with Gasteiger partial charge in [0.05, 0.1) is 21.8 Å². The summed E-state index contributed by atoms with van der Waals surface area (Å²) in [5.41, 5.74) is 0.802. The first-order valence-corrected chi connectivity index (χ1v) is 5.88. The van der Waals surface area contributed by atoms with Crippen LogP contribution in [0.3, 0.4) is 0 Å². The smallest absolute Gasteiger partial charge is 0.0769 e. The third-order valence-electron chi connectivity index (χ3n) is 2.10. The molecule has 0 spiro atoms. The van der Waals surface area contributed by atoms with Gasteiger partial charge in [-0.1, -0.05) is 30.1 Å². The molecule has 1 N–H and O–H groups in total. The first-order valence-electron chi connectivity index (χ1n) is 5.13. The lowest BCUT2D eigenvalue weighted by atomic mass is 10.1. The normalized spacial score (nSPS) is 11.8. The Morgan fingerprint density at radius 1 is 1.50 bits per heavy atom. The van der Waals surface area contributed by atoms with Gasteiger partial charge in [-0.2, -0.15) is 0 Å². The summed E-state index contributed by atoms with van der Waals surface area (Å²) >= 11 is 11.9. The van der Waals surface area contributed by atoms with Crippen LogP contribution < -0.4 is 5.32 Å². The molecule has 2 nitrogen and oxygen atoms in total. The van der Waals surface area contributed by atoms with Gasteiger partial charge in [0.15, 0.2) is 0 Å². The summed E-state index contributed by atoms with van der Waals surface area (Å²) in [5.74, 6) is 5.90. The molecule has 0 fully saturated rings. The van der Waals surface area contributed by atoms with E-state index in [-0.39, 0.29) is 6.04 Å². The van der Waals surface area contributed by atoms with Crippen LogP contribution in [0.2, 0.25) is 10.0 Å². The summed E-state index contributed by atoms with van der Waals surface area (Å²) in [6.45, 7) is 4.70. The summed E-state index contributed by atoms with van der Waals surface area (Å²) in [4.78, 5) is 4.26. The van der Waals surface area contributed by atoms with Crippen LogP contribution in [0.5, 0.6) is 0 Å². The zero-order chi connectivity index (χ0) is 12.0. The molecule has 1 aromatic heterocycles. The molecule has 0 radical (unpaired) electrons. The van der Waals surface area contributed by atoms with Crippen LogP contribution in [-0.4, -0.2) is 11.5 Å². The first kappa shape index (κ1) is 13.3. The molecule has 1 unspecified atom stereocenters. The van der Waals surface area contributed by atoms with Gasteiger partial charge in [0.2, 0.25) is 0 Å². The number of aromatic nitrogens is 1. The van der Waals surface area contributed by atoms with Gasteiger partial charge in [-0.25, -0.2) is 0 Å². The number of hydrogen-bond acceptors (Lipinski definition) is 2. The Hall–Kier alpha value is -0.750. The summed E-state index contributed by atoms with van der Waals surface area (Å²) in [6, 6.07) is 1.76. The SMILES string of the molecule is CC#CCC(NCC)c1ncc(Cl)cc1Cl. The second-order valence-electron chi connectivity index (χ2n) is 3.26. The first-order chi connectivity index (χ1) is 7.69. The van der Waals surface area contributed by atoms with E-state index in [0.29, 0.717) is 16.5 Å². The number of nitrogens with zero attached hydrogens (tertiary/aromatic N) is 1. The maximum absolute atomic E-state index is 6.10. The number of rotatable bonds is 4. The zero-order valence-electron chi connectivity index (χ0n) is 9.35. The summed E-state index contributed by atoms with van der Waals surface area (Å²) in [5, 5.41) is 4.43. The topological polar surface area (TPSA) is 24.9 Å². The minimum atomic E-state index is 0.0576. The van der Waals surface area contributed by atoms with Crippen molar-refractivity contribution in [1.29, 1.82) is 0 Å². The summed E-state index contributed by atoms with van der Waals surface area (Å²) in [6.07, 6.45) is 2.30. The largest absolute Gasteiger partial charge is 0.308 e. The fourth-order valence-electron chi connectivity index (χ4n) is 1.40. The molecular weight excluding hydrogens is 243 g/mol. The Bertz CT molecular complexity index is 407. The summed E-state index contributed by atoms with van der Waals surface area (Å²) in [7, 11) is 0. The molecule has 86 valence electrons. The third-order valence-corrected chi connectivity index (χ3v) is 2.61. The van der Waals surface area contributed by atoms with Crippen molar-refractivity contribution in [2.24, 2.45) is 0 Å². The predicted octanol–water partition coefficient (Wildman–Crippen LogP) is 3.45. The molecule has 1 rings (SSSR count). The Labute approximate surface area is 106 Å². The van der Waals surface area contributed by atoms with Crippen LogP contribution in [0.25, 0.3) is 0 Å². The maximum atomic E-state index is 6.10. The molecule has 0 bridgehead atoms. The van der Waals surface area contributed by atoms with E-state index in [2.05, 4.69) is 22.1 Å². The lowest BCUT2D eigenvalue weighted by Gasteiger charge is -2.15. The Balaban J connectivity index is 2.94. The molecule has 0 aliphatic rings. The monoisotopic (exact) mass is 256 g/mol. The average Bonchev–Trinajstić information content (AvgIpc) is 2.25. The molecule has 1 aromatic rings. The van der Waals surface area contributed by atoms with Crippen LogP contribution in [0, 0.1) is 11.8 Å². The molecule has 16 heavy (non-hydrogen) atoms. The van der Waals surface area contributed by atoms with E-state index in [1.807, 2.05) is 13.8 Å². The van der Waals surface area contributed by atoms with Crippen molar-refractivity contribution in [3.63, 3.8) is 0 Å². The number of halogens is 2. The Morgan fingerprint density at radius 2 is 2.25 bits per heavy atom. The van der Waals surface area contributed by atoms with Gasteiger partial charge in [-0.05, 0) is 19.5 Å². The third kappa shape index (κ3) is 3.68. The molecule has 0 amide bonds. The second-order valence-corrected chi connectivity index (χ2v) is 4.11. The molecule has 0 aromatic carbocycles. The lowest BCUT2D eigenvalue weighted by molar-refractivity contribution is 0.551. The molecular formula is C12H14Cl2N2. The van der Waals surface area contributed by atoms with Crippen LogP contribution >= 0.6 is 23.2 Å². The highest BCUT2D eigenvalue weighted by molar-refractivity contribution is 6.34. The van der Waals surface area contributed by atoms with Gasteiger partial charge >= 0.3 is 0 Å². The maximum Gasteiger partial charge on any atom is 0.0769 e. The van der Waals surface area contributed by atoms with Crippen molar-refractivity contribution in [2.75, 3.05) is 6.54 Å². The van der Waals surface area contributed by atoms with Gasteiger partial charge in [0.25, 0.3) is 0 Å². The van der Waals surface area contributed by atoms with Crippen LogP contribution in [0.4, 0.5) is 0 Å². The Morgan fingerprint density at radius 3 is 2.81 bits per heavy atom. The highest BCUT2D eigenvalue weighted by Gasteiger charge is 2.14. The van der Waals surface area contributed by atoms with E-state index in [9.17, 15) is 0 Å². The van der Waals surface area contributed by atoms with Crippen molar-refractivity contribution >= 4 is 23.2 Å². The predicted molar refractivity (Wildman–Crippen MR) is 68.7 cm³/mol. The highest BCUT2D eigenvalue weighted by atomic mass is 35.5. The molecule has 1 heterocycles. The summed E-state index contributed by atoms with van der Waals surface area (Å²) < 4.78 is 0. The van der Waals surface area contributed by atoms with Crippen molar-refractivity contribution in [2.45, 2.75) is 26.3 Å². The number of pyridine rings is 1. The molecule has 1 atom stereocenters. The van der Waals surface area contributed by atoms with Gasteiger partial charge in [0, 0.05) is 12.6 Å². The van der Waals surface area contributed by atoms with E-state index in [1.165, 1.54) is 0 Å².